The lowest BCUT2D eigenvalue weighted by atomic mass is 10.0. The molecule has 2 aromatic carbocycles. The second-order valence-corrected chi connectivity index (χ2v) is 6.57. The minimum atomic E-state index is -4.62. The van der Waals surface area contributed by atoms with E-state index in [0.29, 0.717) is 11.4 Å². The molecule has 0 spiro atoms. The molecular formula is C20H17ClF3N3O. The number of nitrogens with zero attached hydrogens (tertiary/aromatic N) is 2. The molecule has 0 saturated heterocycles. The summed E-state index contributed by atoms with van der Waals surface area (Å²) in [6, 6.07) is 13.0. The number of nitrogens with one attached hydrogen (secondary N) is 1. The molecule has 0 fully saturated rings. The fraction of sp³-hybridized carbons (Fsp3) is 0.200. The number of rotatable bonds is 5. The normalized spacial score (nSPS) is 12.6. The lowest BCUT2D eigenvalue weighted by molar-refractivity contribution is -0.137. The van der Waals surface area contributed by atoms with Crippen LogP contribution in [0.15, 0.2) is 54.9 Å². The zero-order valence-electron chi connectivity index (χ0n) is 14.8. The van der Waals surface area contributed by atoms with Crippen LogP contribution >= 0.6 is 11.6 Å². The first-order chi connectivity index (χ1) is 13.3. The van der Waals surface area contributed by atoms with Crippen molar-refractivity contribution in [3.05, 3.63) is 76.6 Å². The fourth-order valence-corrected chi connectivity index (χ4v) is 3.18. The molecule has 1 aromatic heterocycles. The summed E-state index contributed by atoms with van der Waals surface area (Å²) < 4.78 is 40.5. The summed E-state index contributed by atoms with van der Waals surface area (Å²) in [6.45, 7) is 1.76. The van der Waals surface area contributed by atoms with Gasteiger partial charge in [0.15, 0.2) is 0 Å². The monoisotopic (exact) mass is 407 g/mol. The SMILES string of the molecule is Cc1c(NC[C@H](O)c2ccccc2)ncnc1-c1cccc(Cl)c1C(F)(F)F. The van der Waals surface area contributed by atoms with Gasteiger partial charge in [-0.3, -0.25) is 0 Å². The Labute approximate surface area is 165 Å². The molecule has 28 heavy (non-hydrogen) atoms. The van der Waals surface area contributed by atoms with Gasteiger partial charge in [0.2, 0.25) is 0 Å². The topological polar surface area (TPSA) is 58.0 Å². The van der Waals surface area contributed by atoms with Crippen molar-refractivity contribution < 1.29 is 18.3 Å². The van der Waals surface area contributed by atoms with E-state index in [1.54, 1.807) is 19.1 Å². The Hall–Kier alpha value is -2.64. The van der Waals surface area contributed by atoms with Crippen LogP contribution in [0, 0.1) is 6.92 Å². The minimum absolute atomic E-state index is 0.119. The molecule has 0 bridgehead atoms. The highest BCUT2D eigenvalue weighted by atomic mass is 35.5. The molecule has 0 aliphatic carbocycles. The van der Waals surface area contributed by atoms with Gasteiger partial charge in [-0.15, -0.1) is 0 Å². The van der Waals surface area contributed by atoms with Gasteiger partial charge in [0.05, 0.1) is 22.4 Å². The number of aliphatic hydroxyl groups excluding tert-OH is 1. The summed E-state index contributed by atoms with van der Waals surface area (Å²) in [5, 5.41) is 12.9. The number of anilines is 1. The van der Waals surface area contributed by atoms with Crippen LogP contribution in [0.4, 0.5) is 19.0 Å². The van der Waals surface area contributed by atoms with Crippen LogP contribution in [0.25, 0.3) is 11.3 Å². The smallest absolute Gasteiger partial charge is 0.387 e. The van der Waals surface area contributed by atoms with Gasteiger partial charge in [-0.25, -0.2) is 9.97 Å². The van der Waals surface area contributed by atoms with E-state index >= 15 is 0 Å². The van der Waals surface area contributed by atoms with Gasteiger partial charge in [0.25, 0.3) is 0 Å². The molecule has 0 amide bonds. The van der Waals surface area contributed by atoms with E-state index in [4.69, 9.17) is 11.6 Å². The molecule has 3 rings (SSSR count). The van der Waals surface area contributed by atoms with Crippen LogP contribution in [0.5, 0.6) is 0 Å². The van der Waals surface area contributed by atoms with Crippen LogP contribution in [0.2, 0.25) is 5.02 Å². The van der Waals surface area contributed by atoms with Gasteiger partial charge in [0, 0.05) is 17.7 Å². The number of aromatic nitrogens is 2. The molecule has 8 heteroatoms. The summed E-state index contributed by atoms with van der Waals surface area (Å²) >= 11 is 5.81. The molecule has 4 nitrogen and oxygen atoms in total. The van der Waals surface area contributed by atoms with Crippen LogP contribution in [0.3, 0.4) is 0 Å². The summed E-state index contributed by atoms with van der Waals surface area (Å²) in [4.78, 5) is 8.13. The minimum Gasteiger partial charge on any atom is -0.387 e. The molecule has 0 aliphatic heterocycles. The van der Waals surface area contributed by atoms with Gasteiger partial charge in [-0.05, 0) is 18.6 Å². The summed E-state index contributed by atoms with van der Waals surface area (Å²) in [5.74, 6) is 0.341. The standard InChI is InChI=1S/C20H17ClF3N3O/c1-12-18(14-8-5-9-15(21)17(14)20(22,23)24)26-11-27-19(12)25-10-16(28)13-6-3-2-4-7-13/h2-9,11,16,28H,10H2,1H3,(H,25,26,27)/t16-/m0/s1. The van der Waals surface area contributed by atoms with Crippen molar-refractivity contribution in [2.75, 3.05) is 11.9 Å². The summed E-state index contributed by atoms with van der Waals surface area (Å²) in [7, 11) is 0. The second kappa shape index (κ2) is 8.16. The molecular weight excluding hydrogens is 391 g/mol. The quantitative estimate of drug-likeness (QED) is 0.605. The van der Waals surface area contributed by atoms with Crippen molar-refractivity contribution in [3.8, 4) is 11.3 Å². The number of hydrogen-bond acceptors (Lipinski definition) is 4. The number of hydrogen-bond donors (Lipinski definition) is 2. The molecule has 1 atom stereocenters. The zero-order chi connectivity index (χ0) is 20.3. The van der Waals surface area contributed by atoms with Gasteiger partial charge in [-0.2, -0.15) is 13.2 Å². The second-order valence-electron chi connectivity index (χ2n) is 6.16. The Bertz CT molecular complexity index is 965. The van der Waals surface area contributed by atoms with E-state index in [2.05, 4.69) is 15.3 Å². The molecule has 0 unspecified atom stereocenters. The summed E-state index contributed by atoms with van der Waals surface area (Å²) in [6.07, 6.45) is -4.24. The van der Waals surface area contributed by atoms with Crippen molar-refractivity contribution in [2.45, 2.75) is 19.2 Å². The highest BCUT2D eigenvalue weighted by Crippen LogP contribution is 2.42. The maximum absolute atomic E-state index is 13.5. The Morgan fingerprint density at radius 1 is 1.07 bits per heavy atom. The van der Waals surface area contributed by atoms with Crippen LogP contribution < -0.4 is 5.32 Å². The Morgan fingerprint density at radius 3 is 2.46 bits per heavy atom. The maximum atomic E-state index is 13.5. The van der Waals surface area contributed by atoms with Crippen molar-refractivity contribution >= 4 is 17.4 Å². The molecule has 0 aliphatic rings. The third-order valence-electron chi connectivity index (χ3n) is 4.28. The first-order valence-electron chi connectivity index (χ1n) is 8.43. The van der Waals surface area contributed by atoms with E-state index in [1.807, 2.05) is 18.2 Å². The average Bonchev–Trinajstić information content (AvgIpc) is 2.66. The largest absolute Gasteiger partial charge is 0.418 e. The first-order valence-corrected chi connectivity index (χ1v) is 8.81. The molecule has 1 heterocycles. The van der Waals surface area contributed by atoms with E-state index in [1.165, 1.54) is 24.5 Å². The van der Waals surface area contributed by atoms with E-state index in [-0.39, 0.29) is 17.8 Å². The molecule has 2 N–H and O–H groups in total. The fourth-order valence-electron chi connectivity index (χ4n) is 2.90. The number of halogens is 4. The summed E-state index contributed by atoms with van der Waals surface area (Å²) in [5.41, 5.74) is 0.216. The third-order valence-corrected chi connectivity index (χ3v) is 4.60. The van der Waals surface area contributed by atoms with Gasteiger partial charge >= 0.3 is 6.18 Å². The van der Waals surface area contributed by atoms with Gasteiger partial charge < -0.3 is 10.4 Å². The molecule has 146 valence electrons. The zero-order valence-corrected chi connectivity index (χ0v) is 15.6. The number of benzene rings is 2. The highest BCUT2D eigenvalue weighted by molar-refractivity contribution is 6.31. The Kier molecular flexibility index (Phi) is 5.86. The third kappa shape index (κ3) is 4.26. The highest BCUT2D eigenvalue weighted by Gasteiger charge is 2.37. The van der Waals surface area contributed by atoms with Crippen LogP contribution in [-0.4, -0.2) is 21.6 Å². The van der Waals surface area contributed by atoms with Gasteiger partial charge in [0.1, 0.15) is 12.1 Å². The molecule has 0 radical (unpaired) electrons. The number of aliphatic hydroxyl groups is 1. The van der Waals surface area contributed by atoms with E-state index < -0.39 is 22.9 Å². The maximum Gasteiger partial charge on any atom is 0.418 e. The lowest BCUT2D eigenvalue weighted by Crippen LogP contribution is -2.15. The van der Waals surface area contributed by atoms with Crippen molar-refractivity contribution in [2.24, 2.45) is 0 Å². The van der Waals surface area contributed by atoms with E-state index in [0.717, 1.165) is 5.56 Å². The van der Waals surface area contributed by atoms with Crippen molar-refractivity contribution in [1.82, 2.24) is 9.97 Å². The average molecular weight is 408 g/mol. The van der Waals surface area contributed by atoms with Crippen LogP contribution in [0.1, 0.15) is 22.8 Å². The predicted octanol–water partition coefficient (Wildman–Crippen LogP) is 5.27. The van der Waals surface area contributed by atoms with Crippen molar-refractivity contribution in [3.63, 3.8) is 0 Å². The predicted molar refractivity (Wildman–Crippen MR) is 102 cm³/mol. The number of alkyl halides is 3. The Morgan fingerprint density at radius 2 is 1.79 bits per heavy atom. The Balaban J connectivity index is 1.92. The van der Waals surface area contributed by atoms with Crippen molar-refractivity contribution in [1.29, 1.82) is 0 Å². The first kappa shape index (κ1) is 20.1. The van der Waals surface area contributed by atoms with Gasteiger partial charge in [-0.1, -0.05) is 54.1 Å². The van der Waals surface area contributed by atoms with E-state index in [9.17, 15) is 18.3 Å². The molecule has 0 saturated carbocycles. The van der Waals surface area contributed by atoms with Crippen LogP contribution in [-0.2, 0) is 6.18 Å². The lowest BCUT2D eigenvalue weighted by Gasteiger charge is -2.18. The molecule has 3 aromatic rings.